The van der Waals surface area contributed by atoms with Gasteiger partial charge in [-0.25, -0.2) is 9.18 Å². The third-order valence-corrected chi connectivity index (χ3v) is 7.72. The van der Waals surface area contributed by atoms with E-state index in [-0.39, 0.29) is 30.7 Å². The molecule has 3 rings (SSSR count). The van der Waals surface area contributed by atoms with Crippen molar-refractivity contribution in [3.8, 4) is 11.5 Å². The van der Waals surface area contributed by atoms with Crippen LogP contribution in [0.25, 0.3) is 0 Å². The summed E-state index contributed by atoms with van der Waals surface area (Å²) in [5.41, 5.74) is 1.14. The van der Waals surface area contributed by atoms with Gasteiger partial charge in [0, 0.05) is 12.6 Å². The zero-order valence-corrected chi connectivity index (χ0v) is 26.8. The predicted octanol–water partition coefficient (Wildman–Crippen LogP) is 5.69. The Labute approximate surface area is 265 Å². The Kier molecular flexibility index (Phi) is 13.3. The molecule has 0 saturated heterocycles. The van der Waals surface area contributed by atoms with Gasteiger partial charge in [-0.1, -0.05) is 63.3 Å². The number of hydrogen-bond donors (Lipinski definition) is 3. The number of carbonyl (C=O) groups is 3. The molecule has 9 nitrogen and oxygen atoms in total. The average Bonchev–Trinajstić information content (AvgIpc) is 3.02. The van der Waals surface area contributed by atoms with E-state index in [0.29, 0.717) is 24.2 Å². The third-order valence-electron chi connectivity index (χ3n) is 7.72. The summed E-state index contributed by atoms with van der Waals surface area (Å²) in [5, 5.41) is 5.92. The number of aryl methyl sites for hydroxylation is 1. The standard InChI is InChI=1S/C35H46FN3O6/c1-6-43-30(34(42)45-37)27(19-13-14-24-20-21-29(28(36)22-24)44-26-17-11-8-12-18-26)32(40)39-31(35(3,4)5)33(41)38-23(2)25-15-9-7-10-16-25/h7-9,11-12,15,17-18,20-23,27,30-31H,6,10,13-14,16,19,37H2,1-5H3,(H,38,41)(H,39,40)/t23-,27?,30+,31-/m1/s1. The number of carbonyl (C=O) groups excluding carboxylic acids is 3. The lowest BCUT2D eigenvalue weighted by atomic mass is 9.84. The van der Waals surface area contributed by atoms with Crippen molar-refractivity contribution in [3.05, 3.63) is 83.7 Å². The minimum absolute atomic E-state index is 0.0985. The Morgan fingerprint density at radius 2 is 1.78 bits per heavy atom. The molecule has 0 spiro atoms. The van der Waals surface area contributed by atoms with Crippen molar-refractivity contribution < 1.29 is 33.1 Å². The van der Waals surface area contributed by atoms with E-state index < -0.39 is 41.2 Å². The van der Waals surface area contributed by atoms with Crippen LogP contribution >= 0.6 is 0 Å². The number of amides is 2. The van der Waals surface area contributed by atoms with Crippen LogP contribution in [-0.2, 0) is 30.4 Å². The van der Waals surface area contributed by atoms with Gasteiger partial charge in [-0.15, -0.1) is 0 Å². The van der Waals surface area contributed by atoms with Crippen LogP contribution in [-0.4, -0.2) is 42.6 Å². The molecule has 0 aromatic heterocycles. The quantitative estimate of drug-likeness (QED) is 0.217. The average molecular weight is 624 g/mol. The second kappa shape index (κ2) is 16.9. The number of allylic oxidation sites excluding steroid dienone is 3. The highest BCUT2D eigenvalue weighted by Crippen LogP contribution is 2.27. The third kappa shape index (κ3) is 10.5. The first-order chi connectivity index (χ1) is 21.4. The summed E-state index contributed by atoms with van der Waals surface area (Å²) in [5.74, 6) is 2.51. The maximum absolute atomic E-state index is 14.8. The zero-order chi connectivity index (χ0) is 33.0. The molecule has 1 unspecified atom stereocenters. The SMILES string of the molecule is CCO[C@H](C(=O)ON)C(CCCc1ccc(Oc2ccccc2)c(F)c1)C(=O)N[C@H](C(=O)N[C@H](C)C1=CC=CCC1)C(C)(C)C. The lowest BCUT2D eigenvalue weighted by Gasteiger charge is -2.34. The molecule has 2 amide bonds. The molecule has 0 radical (unpaired) electrons. The van der Waals surface area contributed by atoms with E-state index in [0.717, 1.165) is 18.4 Å². The molecule has 10 heteroatoms. The smallest absolute Gasteiger partial charge is 0.354 e. The number of halogens is 1. The minimum atomic E-state index is -1.29. The molecule has 2 aromatic rings. The number of ether oxygens (including phenoxy) is 2. The maximum Gasteiger partial charge on any atom is 0.354 e. The Morgan fingerprint density at radius 1 is 1.04 bits per heavy atom. The van der Waals surface area contributed by atoms with Crippen LogP contribution < -0.4 is 21.3 Å². The number of para-hydroxylation sites is 1. The molecule has 0 heterocycles. The van der Waals surface area contributed by atoms with Gasteiger partial charge in [-0.2, -0.15) is 5.90 Å². The van der Waals surface area contributed by atoms with Crippen LogP contribution in [0.3, 0.4) is 0 Å². The molecule has 0 bridgehead atoms. The molecule has 0 saturated carbocycles. The van der Waals surface area contributed by atoms with Crippen molar-refractivity contribution in [2.24, 2.45) is 17.2 Å². The molecular weight excluding hydrogens is 577 g/mol. The summed E-state index contributed by atoms with van der Waals surface area (Å²) < 4.78 is 26.1. The summed E-state index contributed by atoms with van der Waals surface area (Å²) in [6.45, 7) is 9.30. The molecule has 0 aliphatic heterocycles. The summed E-state index contributed by atoms with van der Waals surface area (Å²) in [7, 11) is 0. The van der Waals surface area contributed by atoms with Crippen LogP contribution in [0, 0.1) is 17.2 Å². The van der Waals surface area contributed by atoms with Crippen molar-refractivity contribution in [1.29, 1.82) is 0 Å². The van der Waals surface area contributed by atoms with E-state index in [1.165, 1.54) is 6.07 Å². The first-order valence-electron chi connectivity index (χ1n) is 15.4. The van der Waals surface area contributed by atoms with Crippen molar-refractivity contribution in [1.82, 2.24) is 10.6 Å². The van der Waals surface area contributed by atoms with Gasteiger partial charge >= 0.3 is 5.97 Å². The number of rotatable bonds is 15. The monoisotopic (exact) mass is 623 g/mol. The van der Waals surface area contributed by atoms with E-state index in [9.17, 15) is 18.8 Å². The first-order valence-corrected chi connectivity index (χ1v) is 15.4. The fourth-order valence-corrected chi connectivity index (χ4v) is 5.24. The van der Waals surface area contributed by atoms with Gasteiger partial charge < -0.3 is 24.9 Å². The van der Waals surface area contributed by atoms with Gasteiger partial charge in [0.15, 0.2) is 17.7 Å². The fourth-order valence-electron chi connectivity index (χ4n) is 5.24. The van der Waals surface area contributed by atoms with Gasteiger partial charge in [0.1, 0.15) is 11.8 Å². The molecule has 2 aromatic carbocycles. The van der Waals surface area contributed by atoms with E-state index in [4.69, 9.17) is 15.4 Å². The minimum Gasteiger partial charge on any atom is -0.454 e. The predicted molar refractivity (Wildman–Crippen MR) is 170 cm³/mol. The molecular formula is C35H46FN3O6. The molecule has 45 heavy (non-hydrogen) atoms. The van der Waals surface area contributed by atoms with E-state index >= 15 is 0 Å². The highest BCUT2D eigenvalue weighted by Gasteiger charge is 2.40. The van der Waals surface area contributed by atoms with Gasteiger partial charge in [0.05, 0.1) is 5.92 Å². The van der Waals surface area contributed by atoms with Gasteiger partial charge in [-0.05, 0) is 86.8 Å². The summed E-state index contributed by atoms with van der Waals surface area (Å²) in [6.07, 6.45) is 7.50. The van der Waals surface area contributed by atoms with Crippen molar-refractivity contribution in [2.75, 3.05) is 6.61 Å². The van der Waals surface area contributed by atoms with Crippen LogP contribution in [0.15, 0.2) is 72.3 Å². The second-order valence-corrected chi connectivity index (χ2v) is 12.2. The van der Waals surface area contributed by atoms with Crippen LogP contribution in [0.4, 0.5) is 4.39 Å². The summed E-state index contributed by atoms with van der Waals surface area (Å²) >= 11 is 0. The van der Waals surface area contributed by atoms with E-state index in [2.05, 4.69) is 21.5 Å². The lowest BCUT2D eigenvalue weighted by Crippen LogP contribution is -2.57. The van der Waals surface area contributed by atoms with E-state index in [1.54, 1.807) is 43.3 Å². The van der Waals surface area contributed by atoms with Crippen molar-refractivity contribution in [2.45, 2.75) is 84.9 Å². The highest BCUT2D eigenvalue weighted by atomic mass is 19.1. The second-order valence-electron chi connectivity index (χ2n) is 12.2. The lowest BCUT2D eigenvalue weighted by molar-refractivity contribution is -0.165. The summed E-state index contributed by atoms with van der Waals surface area (Å²) in [6, 6.07) is 12.5. The maximum atomic E-state index is 14.8. The fraction of sp³-hybridized carbons (Fsp3) is 0.457. The molecule has 4 N–H and O–H groups in total. The first kappa shape index (κ1) is 35.5. The highest BCUT2D eigenvalue weighted by molar-refractivity contribution is 5.92. The van der Waals surface area contributed by atoms with Gasteiger partial charge in [0.2, 0.25) is 11.8 Å². The normalized spacial score (nSPS) is 15.7. The van der Waals surface area contributed by atoms with E-state index in [1.807, 2.05) is 45.9 Å². The molecule has 4 atom stereocenters. The van der Waals surface area contributed by atoms with Crippen molar-refractivity contribution in [3.63, 3.8) is 0 Å². The van der Waals surface area contributed by atoms with Crippen LogP contribution in [0.1, 0.15) is 65.9 Å². The Balaban J connectivity index is 1.74. The molecule has 1 aliphatic carbocycles. The zero-order valence-electron chi connectivity index (χ0n) is 26.8. The van der Waals surface area contributed by atoms with Crippen LogP contribution in [0.2, 0.25) is 0 Å². The summed E-state index contributed by atoms with van der Waals surface area (Å²) in [4.78, 5) is 44.5. The van der Waals surface area contributed by atoms with Gasteiger partial charge in [0.25, 0.3) is 0 Å². The number of nitrogens with two attached hydrogens (primary N) is 1. The van der Waals surface area contributed by atoms with Gasteiger partial charge in [-0.3, -0.25) is 9.59 Å². The Hall–Kier alpha value is -4.02. The molecule has 0 fully saturated rings. The Bertz CT molecular complexity index is 1350. The van der Waals surface area contributed by atoms with Crippen molar-refractivity contribution >= 4 is 17.8 Å². The van der Waals surface area contributed by atoms with Crippen LogP contribution in [0.5, 0.6) is 11.5 Å². The largest absolute Gasteiger partial charge is 0.454 e. The Morgan fingerprint density at radius 3 is 2.38 bits per heavy atom. The number of benzene rings is 2. The number of nitrogens with one attached hydrogen (secondary N) is 2. The topological polar surface area (TPSA) is 129 Å². The molecule has 1 aliphatic rings. The molecule has 244 valence electrons. The number of hydrogen-bond acceptors (Lipinski definition) is 7.